The maximum atomic E-state index is 13.4. The lowest BCUT2D eigenvalue weighted by atomic mass is 10.1. The summed E-state index contributed by atoms with van der Waals surface area (Å²) in [6, 6.07) is 23.2. The monoisotopic (exact) mass is 392 g/mol. The van der Waals surface area contributed by atoms with Gasteiger partial charge in [0.25, 0.3) is 0 Å². The second-order valence-corrected chi connectivity index (χ2v) is 6.45. The molecule has 2 N–H and O–H groups in total. The van der Waals surface area contributed by atoms with E-state index in [1.165, 1.54) is 18.2 Å². The highest BCUT2D eigenvalue weighted by molar-refractivity contribution is 5.96. The molecule has 6 heteroatoms. The molecule has 0 spiro atoms. The number of benzene rings is 3. The van der Waals surface area contributed by atoms with Crippen LogP contribution < -0.4 is 10.6 Å². The van der Waals surface area contributed by atoms with Crippen molar-refractivity contribution in [1.82, 2.24) is 5.32 Å². The molecule has 148 valence electrons. The van der Waals surface area contributed by atoms with Crippen LogP contribution in [-0.2, 0) is 22.6 Å². The first kappa shape index (κ1) is 20.1. The number of halogens is 1. The molecular weight excluding hydrogens is 371 g/mol. The molecule has 0 saturated heterocycles. The number of hydrogen-bond donors (Lipinski definition) is 2. The normalized spacial score (nSPS) is 11.3. The van der Waals surface area contributed by atoms with Gasteiger partial charge in [0.15, 0.2) is 0 Å². The molecule has 0 aliphatic rings. The summed E-state index contributed by atoms with van der Waals surface area (Å²) in [4.78, 5) is 25.0. The Morgan fingerprint density at radius 1 is 0.862 bits per heavy atom. The van der Waals surface area contributed by atoms with Gasteiger partial charge >= 0.3 is 6.09 Å². The molecule has 0 aromatic heterocycles. The summed E-state index contributed by atoms with van der Waals surface area (Å²) in [5, 5.41) is 5.24. The minimum Gasteiger partial charge on any atom is -0.445 e. The maximum absolute atomic E-state index is 13.4. The largest absolute Gasteiger partial charge is 0.445 e. The third-order valence-corrected chi connectivity index (χ3v) is 4.20. The average molecular weight is 392 g/mol. The minimum absolute atomic E-state index is 0.0935. The van der Waals surface area contributed by atoms with E-state index in [1.807, 2.05) is 60.7 Å². The summed E-state index contributed by atoms with van der Waals surface area (Å²) in [6.45, 7) is 0.0935. The van der Waals surface area contributed by atoms with E-state index in [0.717, 1.165) is 11.1 Å². The van der Waals surface area contributed by atoms with Crippen LogP contribution in [0.5, 0.6) is 0 Å². The Hall–Kier alpha value is -3.67. The van der Waals surface area contributed by atoms with Gasteiger partial charge in [-0.25, -0.2) is 9.18 Å². The second kappa shape index (κ2) is 10.0. The molecule has 3 rings (SSSR count). The number of carbonyl (C=O) groups is 2. The van der Waals surface area contributed by atoms with E-state index < -0.39 is 23.9 Å². The third-order valence-electron chi connectivity index (χ3n) is 4.20. The van der Waals surface area contributed by atoms with Crippen LogP contribution in [0.25, 0.3) is 0 Å². The lowest BCUT2D eigenvalue weighted by Gasteiger charge is -2.18. The number of rotatable bonds is 7. The molecule has 1 atom stereocenters. The first-order valence-electron chi connectivity index (χ1n) is 9.18. The van der Waals surface area contributed by atoms with Crippen molar-refractivity contribution >= 4 is 17.7 Å². The van der Waals surface area contributed by atoms with Gasteiger partial charge in [0.1, 0.15) is 18.5 Å². The Kier molecular flexibility index (Phi) is 6.95. The van der Waals surface area contributed by atoms with Gasteiger partial charge in [0.05, 0.1) is 0 Å². The summed E-state index contributed by atoms with van der Waals surface area (Å²) < 4.78 is 18.6. The van der Waals surface area contributed by atoms with Crippen molar-refractivity contribution in [1.29, 1.82) is 0 Å². The number of hydrogen-bond acceptors (Lipinski definition) is 3. The predicted molar refractivity (Wildman–Crippen MR) is 109 cm³/mol. The van der Waals surface area contributed by atoms with Crippen LogP contribution in [-0.4, -0.2) is 18.0 Å². The fourth-order valence-electron chi connectivity index (χ4n) is 2.76. The van der Waals surface area contributed by atoms with E-state index >= 15 is 0 Å². The van der Waals surface area contributed by atoms with E-state index in [9.17, 15) is 14.0 Å². The standard InChI is InChI=1S/C23H21FN2O3/c24-19-12-7-13-20(15-19)25-22(27)21(14-17-8-3-1-4-9-17)26-23(28)29-16-18-10-5-2-6-11-18/h1-13,15,21H,14,16H2,(H,25,27)(H,26,28)/t21-/m0/s1. The molecule has 0 saturated carbocycles. The van der Waals surface area contributed by atoms with E-state index in [0.29, 0.717) is 5.69 Å². The van der Waals surface area contributed by atoms with Crippen molar-refractivity contribution in [3.05, 3.63) is 102 Å². The Morgan fingerprint density at radius 2 is 1.52 bits per heavy atom. The Labute approximate surface area is 168 Å². The van der Waals surface area contributed by atoms with Crippen LogP contribution in [0.3, 0.4) is 0 Å². The van der Waals surface area contributed by atoms with Crippen LogP contribution in [0, 0.1) is 5.82 Å². The van der Waals surface area contributed by atoms with Crippen molar-refractivity contribution in [2.24, 2.45) is 0 Å². The zero-order chi connectivity index (χ0) is 20.5. The van der Waals surface area contributed by atoms with Gasteiger partial charge in [0, 0.05) is 12.1 Å². The van der Waals surface area contributed by atoms with Crippen molar-refractivity contribution in [3.63, 3.8) is 0 Å². The molecule has 3 aromatic rings. The number of ether oxygens (including phenoxy) is 1. The highest BCUT2D eigenvalue weighted by Gasteiger charge is 2.22. The van der Waals surface area contributed by atoms with Crippen LogP contribution in [0.2, 0.25) is 0 Å². The summed E-state index contributed by atoms with van der Waals surface area (Å²) in [5.41, 5.74) is 2.02. The maximum Gasteiger partial charge on any atom is 0.408 e. The number of anilines is 1. The topological polar surface area (TPSA) is 67.4 Å². The molecule has 0 radical (unpaired) electrons. The van der Waals surface area contributed by atoms with E-state index in [4.69, 9.17) is 4.74 Å². The second-order valence-electron chi connectivity index (χ2n) is 6.45. The Bertz CT molecular complexity index is 949. The van der Waals surface area contributed by atoms with Gasteiger partial charge in [-0.2, -0.15) is 0 Å². The molecule has 0 fully saturated rings. The van der Waals surface area contributed by atoms with Crippen LogP contribution in [0.1, 0.15) is 11.1 Å². The molecular formula is C23H21FN2O3. The molecule has 0 aliphatic carbocycles. The molecule has 0 bridgehead atoms. The van der Waals surface area contributed by atoms with Crippen molar-refractivity contribution in [2.45, 2.75) is 19.1 Å². The summed E-state index contributed by atoms with van der Waals surface area (Å²) in [6.07, 6.45) is -0.438. The van der Waals surface area contributed by atoms with Gasteiger partial charge in [-0.15, -0.1) is 0 Å². The van der Waals surface area contributed by atoms with Gasteiger partial charge in [-0.1, -0.05) is 66.7 Å². The fraction of sp³-hybridized carbons (Fsp3) is 0.130. The third kappa shape index (κ3) is 6.46. The van der Waals surface area contributed by atoms with Crippen LogP contribution in [0.15, 0.2) is 84.9 Å². The predicted octanol–water partition coefficient (Wildman–Crippen LogP) is 4.30. The zero-order valence-electron chi connectivity index (χ0n) is 15.7. The molecule has 29 heavy (non-hydrogen) atoms. The summed E-state index contributed by atoms with van der Waals surface area (Å²) in [7, 11) is 0. The lowest BCUT2D eigenvalue weighted by Crippen LogP contribution is -2.45. The molecule has 5 nitrogen and oxygen atoms in total. The van der Waals surface area contributed by atoms with Gasteiger partial charge in [0.2, 0.25) is 5.91 Å². The number of alkyl carbamates (subject to hydrolysis) is 1. The number of carbonyl (C=O) groups excluding carboxylic acids is 2. The molecule has 0 unspecified atom stereocenters. The molecule has 3 aromatic carbocycles. The van der Waals surface area contributed by atoms with Crippen LogP contribution >= 0.6 is 0 Å². The fourth-order valence-corrected chi connectivity index (χ4v) is 2.76. The Balaban J connectivity index is 1.66. The molecule has 0 aliphatic heterocycles. The molecule has 0 heterocycles. The van der Waals surface area contributed by atoms with Crippen molar-refractivity contribution < 1.29 is 18.7 Å². The summed E-state index contributed by atoms with van der Waals surface area (Å²) >= 11 is 0. The van der Waals surface area contributed by atoms with Crippen molar-refractivity contribution in [2.75, 3.05) is 5.32 Å². The average Bonchev–Trinajstić information content (AvgIpc) is 2.73. The zero-order valence-corrected chi connectivity index (χ0v) is 15.7. The minimum atomic E-state index is -0.885. The SMILES string of the molecule is O=C(N[C@@H](Cc1ccccc1)C(=O)Nc1cccc(F)c1)OCc1ccccc1. The Morgan fingerprint density at radius 3 is 2.17 bits per heavy atom. The quantitative estimate of drug-likeness (QED) is 0.630. The van der Waals surface area contributed by atoms with Gasteiger partial charge in [-0.05, 0) is 29.3 Å². The van der Waals surface area contributed by atoms with Gasteiger partial charge in [-0.3, -0.25) is 4.79 Å². The van der Waals surface area contributed by atoms with Crippen molar-refractivity contribution in [3.8, 4) is 0 Å². The first-order chi connectivity index (χ1) is 14.1. The highest BCUT2D eigenvalue weighted by Crippen LogP contribution is 2.11. The smallest absolute Gasteiger partial charge is 0.408 e. The lowest BCUT2D eigenvalue weighted by molar-refractivity contribution is -0.118. The summed E-state index contributed by atoms with van der Waals surface area (Å²) in [5.74, 6) is -0.922. The first-order valence-corrected chi connectivity index (χ1v) is 9.18. The van der Waals surface area contributed by atoms with E-state index in [1.54, 1.807) is 6.07 Å². The van der Waals surface area contributed by atoms with E-state index in [2.05, 4.69) is 10.6 Å². The highest BCUT2D eigenvalue weighted by atomic mass is 19.1. The number of nitrogens with one attached hydrogen (secondary N) is 2. The van der Waals surface area contributed by atoms with Gasteiger partial charge < -0.3 is 15.4 Å². The molecule has 2 amide bonds. The van der Waals surface area contributed by atoms with E-state index in [-0.39, 0.29) is 13.0 Å². The number of amides is 2. The van der Waals surface area contributed by atoms with Crippen LogP contribution in [0.4, 0.5) is 14.9 Å².